The van der Waals surface area contributed by atoms with Crippen LogP contribution in [-0.2, 0) is 7.05 Å². The van der Waals surface area contributed by atoms with Gasteiger partial charge in [-0.15, -0.1) is 6.58 Å². The smallest absolute Gasteiger partial charge is 0.263 e. The molecule has 0 aliphatic rings. The molecule has 0 atom stereocenters. The van der Waals surface area contributed by atoms with Crippen LogP contribution in [0, 0.1) is 0 Å². The fourth-order valence-electron chi connectivity index (χ4n) is 1.03. The molecule has 74 valence electrons. The van der Waals surface area contributed by atoms with Gasteiger partial charge in [0.05, 0.1) is 0 Å². The number of amides is 1. The Kier molecular flexibility index (Phi) is 3.23. The molecule has 14 heavy (non-hydrogen) atoms. The zero-order chi connectivity index (χ0) is 10.6. The lowest BCUT2D eigenvalue weighted by molar-refractivity contribution is 0.0956. The Morgan fingerprint density at radius 1 is 1.71 bits per heavy atom. The summed E-state index contributed by atoms with van der Waals surface area (Å²) in [4.78, 5) is 22.9. The normalized spacial score (nSPS) is 9.50. The summed E-state index contributed by atoms with van der Waals surface area (Å²) >= 11 is 0. The van der Waals surface area contributed by atoms with Gasteiger partial charge in [0, 0.05) is 19.8 Å². The fourth-order valence-corrected chi connectivity index (χ4v) is 1.03. The van der Waals surface area contributed by atoms with Crippen molar-refractivity contribution in [1.82, 2.24) is 9.88 Å². The molecule has 0 radical (unpaired) electrons. The third-order valence-electron chi connectivity index (χ3n) is 1.77. The van der Waals surface area contributed by atoms with Crippen molar-refractivity contribution < 1.29 is 4.79 Å². The van der Waals surface area contributed by atoms with E-state index in [2.05, 4.69) is 11.9 Å². The second kappa shape index (κ2) is 4.41. The first-order chi connectivity index (χ1) is 6.66. The van der Waals surface area contributed by atoms with Gasteiger partial charge in [-0.05, 0) is 12.1 Å². The standard InChI is InChI=1S/C10H12N2O2/c1-3-6-11-9(13)8-5-4-7-12(2)10(8)14/h3-5,7H,1,6H2,2H3,(H,11,13). The van der Waals surface area contributed by atoms with Crippen LogP contribution in [0.4, 0.5) is 0 Å². The fraction of sp³-hybridized carbons (Fsp3) is 0.200. The van der Waals surface area contributed by atoms with Gasteiger partial charge in [0.2, 0.25) is 0 Å². The summed E-state index contributed by atoms with van der Waals surface area (Å²) in [7, 11) is 1.60. The maximum atomic E-state index is 11.4. The molecule has 0 saturated carbocycles. The predicted octanol–water partition coefficient (Wildman–Crippen LogP) is 0.301. The van der Waals surface area contributed by atoms with Crippen molar-refractivity contribution in [3.8, 4) is 0 Å². The van der Waals surface area contributed by atoms with Crippen molar-refractivity contribution >= 4 is 5.91 Å². The Labute approximate surface area is 81.9 Å². The molecule has 1 rings (SSSR count). The Hall–Kier alpha value is -1.84. The summed E-state index contributed by atoms with van der Waals surface area (Å²) in [6, 6.07) is 3.16. The molecular formula is C10H12N2O2. The van der Waals surface area contributed by atoms with Gasteiger partial charge in [-0.1, -0.05) is 6.08 Å². The minimum Gasteiger partial charge on any atom is -0.348 e. The average molecular weight is 192 g/mol. The Morgan fingerprint density at radius 2 is 2.43 bits per heavy atom. The highest BCUT2D eigenvalue weighted by molar-refractivity contribution is 5.93. The van der Waals surface area contributed by atoms with Crippen LogP contribution in [0.15, 0.2) is 35.8 Å². The van der Waals surface area contributed by atoms with Crippen molar-refractivity contribution in [1.29, 1.82) is 0 Å². The molecular weight excluding hydrogens is 180 g/mol. The summed E-state index contributed by atoms with van der Waals surface area (Å²) in [5.41, 5.74) is -0.147. The topological polar surface area (TPSA) is 51.1 Å². The van der Waals surface area contributed by atoms with Crippen LogP contribution in [0.25, 0.3) is 0 Å². The molecule has 0 aliphatic heterocycles. The van der Waals surface area contributed by atoms with Gasteiger partial charge in [0.25, 0.3) is 11.5 Å². The first kappa shape index (κ1) is 10.2. The van der Waals surface area contributed by atoms with Crippen LogP contribution in [0.1, 0.15) is 10.4 Å². The number of carbonyl (C=O) groups excluding carboxylic acids is 1. The monoisotopic (exact) mass is 192 g/mol. The number of carbonyl (C=O) groups is 1. The molecule has 1 N–H and O–H groups in total. The van der Waals surface area contributed by atoms with E-state index in [1.165, 1.54) is 10.6 Å². The number of pyridine rings is 1. The van der Waals surface area contributed by atoms with Crippen molar-refractivity contribution in [2.24, 2.45) is 7.05 Å². The molecule has 4 nitrogen and oxygen atoms in total. The predicted molar refractivity (Wildman–Crippen MR) is 54.2 cm³/mol. The van der Waals surface area contributed by atoms with E-state index in [1.54, 1.807) is 25.4 Å². The molecule has 0 aromatic carbocycles. The molecule has 4 heteroatoms. The minimum atomic E-state index is -0.369. The summed E-state index contributed by atoms with van der Waals surface area (Å²) in [6.07, 6.45) is 3.16. The van der Waals surface area contributed by atoms with Gasteiger partial charge in [-0.3, -0.25) is 9.59 Å². The zero-order valence-corrected chi connectivity index (χ0v) is 7.99. The van der Waals surface area contributed by atoms with E-state index < -0.39 is 0 Å². The van der Waals surface area contributed by atoms with Gasteiger partial charge in [0.1, 0.15) is 5.56 Å². The van der Waals surface area contributed by atoms with E-state index in [4.69, 9.17) is 0 Å². The number of rotatable bonds is 3. The number of nitrogens with one attached hydrogen (secondary N) is 1. The summed E-state index contributed by atoms with van der Waals surface area (Å²) in [6.45, 7) is 3.83. The Balaban J connectivity index is 2.96. The number of aromatic nitrogens is 1. The van der Waals surface area contributed by atoms with E-state index >= 15 is 0 Å². The number of aryl methyl sites for hydroxylation is 1. The molecule has 1 aromatic rings. The van der Waals surface area contributed by atoms with Gasteiger partial charge >= 0.3 is 0 Å². The molecule has 1 amide bonds. The van der Waals surface area contributed by atoms with Crippen LogP contribution in [0.3, 0.4) is 0 Å². The highest BCUT2D eigenvalue weighted by Gasteiger charge is 2.08. The summed E-state index contributed by atoms with van der Waals surface area (Å²) < 4.78 is 1.36. The van der Waals surface area contributed by atoms with E-state index in [1.807, 2.05) is 0 Å². The van der Waals surface area contributed by atoms with Crippen molar-refractivity contribution in [3.05, 3.63) is 46.9 Å². The van der Waals surface area contributed by atoms with E-state index in [9.17, 15) is 9.59 Å². The van der Waals surface area contributed by atoms with Crippen molar-refractivity contribution in [3.63, 3.8) is 0 Å². The second-order valence-electron chi connectivity index (χ2n) is 2.84. The lowest BCUT2D eigenvalue weighted by Crippen LogP contribution is -2.31. The lowest BCUT2D eigenvalue weighted by Gasteiger charge is -2.02. The molecule has 0 unspecified atom stereocenters. The van der Waals surface area contributed by atoms with Gasteiger partial charge in [-0.2, -0.15) is 0 Å². The molecule has 1 heterocycles. The molecule has 0 saturated heterocycles. The minimum absolute atomic E-state index is 0.150. The first-order valence-electron chi connectivity index (χ1n) is 4.21. The van der Waals surface area contributed by atoms with E-state index in [0.29, 0.717) is 6.54 Å². The SMILES string of the molecule is C=CCNC(=O)c1cccn(C)c1=O. The Morgan fingerprint density at radius 3 is 3.07 bits per heavy atom. The average Bonchev–Trinajstić information content (AvgIpc) is 2.18. The van der Waals surface area contributed by atoms with Crippen LogP contribution in [0.2, 0.25) is 0 Å². The van der Waals surface area contributed by atoms with Crippen LogP contribution >= 0.6 is 0 Å². The quantitative estimate of drug-likeness (QED) is 0.700. The zero-order valence-electron chi connectivity index (χ0n) is 7.99. The molecule has 0 fully saturated rings. The van der Waals surface area contributed by atoms with Gasteiger partial charge in [0.15, 0.2) is 0 Å². The lowest BCUT2D eigenvalue weighted by atomic mass is 10.2. The highest BCUT2D eigenvalue weighted by atomic mass is 16.2. The Bertz CT molecular complexity index is 407. The maximum Gasteiger partial charge on any atom is 0.263 e. The summed E-state index contributed by atoms with van der Waals surface area (Å²) in [5.74, 6) is -0.369. The number of hydrogen-bond donors (Lipinski definition) is 1. The highest BCUT2D eigenvalue weighted by Crippen LogP contribution is 1.90. The van der Waals surface area contributed by atoms with Crippen molar-refractivity contribution in [2.75, 3.05) is 6.54 Å². The number of nitrogens with zero attached hydrogens (tertiary/aromatic N) is 1. The molecule has 0 spiro atoms. The third-order valence-corrected chi connectivity index (χ3v) is 1.77. The second-order valence-corrected chi connectivity index (χ2v) is 2.84. The van der Waals surface area contributed by atoms with Crippen LogP contribution < -0.4 is 10.9 Å². The first-order valence-corrected chi connectivity index (χ1v) is 4.21. The molecule has 1 aromatic heterocycles. The number of hydrogen-bond acceptors (Lipinski definition) is 2. The van der Waals surface area contributed by atoms with Crippen molar-refractivity contribution in [2.45, 2.75) is 0 Å². The maximum absolute atomic E-state index is 11.4. The third kappa shape index (κ3) is 2.10. The van der Waals surface area contributed by atoms with Gasteiger partial charge < -0.3 is 9.88 Å². The largest absolute Gasteiger partial charge is 0.348 e. The molecule has 0 bridgehead atoms. The van der Waals surface area contributed by atoms with Crippen LogP contribution in [-0.4, -0.2) is 17.0 Å². The van der Waals surface area contributed by atoms with E-state index in [0.717, 1.165) is 0 Å². The van der Waals surface area contributed by atoms with Gasteiger partial charge in [-0.25, -0.2) is 0 Å². The molecule has 0 aliphatic carbocycles. The van der Waals surface area contributed by atoms with Crippen LogP contribution in [0.5, 0.6) is 0 Å². The van der Waals surface area contributed by atoms with E-state index in [-0.39, 0.29) is 17.0 Å². The summed E-state index contributed by atoms with van der Waals surface area (Å²) in [5, 5.41) is 2.55.